The molecular weight excluding hydrogens is 288 g/mol. The molecule has 0 atom stereocenters. The van der Waals surface area contributed by atoms with Crippen molar-refractivity contribution < 1.29 is 4.79 Å². The number of nitrogens with one attached hydrogen (secondary N) is 2. The molecule has 0 bridgehead atoms. The molecule has 0 aliphatic carbocycles. The fraction of sp³-hybridized carbons (Fsp3) is 0.444. The van der Waals surface area contributed by atoms with Crippen molar-refractivity contribution in [1.82, 2.24) is 15.1 Å². The average molecular weight is 312 g/mol. The van der Waals surface area contributed by atoms with Gasteiger partial charge in [-0.25, -0.2) is 0 Å². The van der Waals surface area contributed by atoms with E-state index in [-0.39, 0.29) is 5.91 Å². The third kappa shape index (κ3) is 4.93. The maximum absolute atomic E-state index is 12.1. The second kappa shape index (κ2) is 7.92. The van der Waals surface area contributed by atoms with E-state index in [0.29, 0.717) is 12.3 Å². The standard InChI is InChI=1S/C18H24N4O/c23-18(7-4-15-8-11-19-12-9-15)21-17-5-2-16(3-6-17)14-22-13-1-10-20-22/h1-3,5-6,10,13,15,19H,4,7-9,11-12,14H2,(H,21,23). The first-order valence-electron chi connectivity index (χ1n) is 8.36. The SMILES string of the molecule is O=C(CCC1CCNCC1)Nc1ccc(Cn2cccn2)cc1. The van der Waals surface area contributed by atoms with Gasteiger partial charge in [-0.2, -0.15) is 5.10 Å². The van der Waals surface area contributed by atoms with Crippen LogP contribution in [-0.4, -0.2) is 28.8 Å². The summed E-state index contributed by atoms with van der Waals surface area (Å²) in [7, 11) is 0. The van der Waals surface area contributed by atoms with Gasteiger partial charge in [-0.3, -0.25) is 9.48 Å². The highest BCUT2D eigenvalue weighted by Crippen LogP contribution is 2.18. The van der Waals surface area contributed by atoms with Crippen LogP contribution in [0.15, 0.2) is 42.7 Å². The molecule has 3 rings (SSSR count). The number of hydrogen-bond acceptors (Lipinski definition) is 3. The van der Waals surface area contributed by atoms with Crippen LogP contribution in [0, 0.1) is 5.92 Å². The minimum Gasteiger partial charge on any atom is -0.326 e. The molecule has 0 unspecified atom stereocenters. The number of amides is 1. The third-order valence-electron chi connectivity index (χ3n) is 4.38. The van der Waals surface area contributed by atoms with Gasteiger partial charge < -0.3 is 10.6 Å². The summed E-state index contributed by atoms with van der Waals surface area (Å²) < 4.78 is 1.88. The van der Waals surface area contributed by atoms with Gasteiger partial charge in [0.1, 0.15) is 0 Å². The second-order valence-corrected chi connectivity index (χ2v) is 6.18. The Morgan fingerprint density at radius 1 is 1.26 bits per heavy atom. The topological polar surface area (TPSA) is 59.0 Å². The zero-order valence-electron chi connectivity index (χ0n) is 13.4. The van der Waals surface area contributed by atoms with E-state index in [2.05, 4.69) is 15.7 Å². The van der Waals surface area contributed by atoms with Gasteiger partial charge in [-0.05, 0) is 62.0 Å². The molecule has 0 spiro atoms. The summed E-state index contributed by atoms with van der Waals surface area (Å²) in [4.78, 5) is 12.1. The van der Waals surface area contributed by atoms with Crippen molar-refractivity contribution >= 4 is 11.6 Å². The van der Waals surface area contributed by atoms with Crippen molar-refractivity contribution in [2.24, 2.45) is 5.92 Å². The number of benzene rings is 1. The van der Waals surface area contributed by atoms with Crippen LogP contribution in [0.4, 0.5) is 5.69 Å². The van der Waals surface area contributed by atoms with Crippen molar-refractivity contribution in [2.45, 2.75) is 32.2 Å². The third-order valence-corrected chi connectivity index (χ3v) is 4.38. The first-order chi connectivity index (χ1) is 11.3. The lowest BCUT2D eigenvalue weighted by Crippen LogP contribution is -2.28. The van der Waals surface area contributed by atoms with Crippen LogP contribution in [0.1, 0.15) is 31.2 Å². The monoisotopic (exact) mass is 312 g/mol. The maximum atomic E-state index is 12.1. The van der Waals surface area contributed by atoms with Gasteiger partial charge in [-0.1, -0.05) is 12.1 Å². The van der Waals surface area contributed by atoms with Crippen molar-refractivity contribution in [3.63, 3.8) is 0 Å². The summed E-state index contributed by atoms with van der Waals surface area (Å²) >= 11 is 0. The van der Waals surface area contributed by atoms with E-state index in [4.69, 9.17) is 0 Å². The number of rotatable bonds is 6. The quantitative estimate of drug-likeness (QED) is 0.862. The van der Waals surface area contributed by atoms with Crippen LogP contribution in [0.3, 0.4) is 0 Å². The molecular formula is C18H24N4O. The molecule has 2 heterocycles. The normalized spacial score (nSPS) is 15.5. The number of aromatic nitrogens is 2. The summed E-state index contributed by atoms with van der Waals surface area (Å²) in [6.45, 7) is 2.92. The van der Waals surface area contributed by atoms with Crippen LogP contribution in [0.2, 0.25) is 0 Å². The van der Waals surface area contributed by atoms with Crippen LogP contribution < -0.4 is 10.6 Å². The number of carbonyl (C=O) groups excluding carboxylic acids is 1. The van der Waals surface area contributed by atoms with E-state index in [1.54, 1.807) is 6.20 Å². The lowest BCUT2D eigenvalue weighted by Gasteiger charge is -2.22. The Balaban J connectivity index is 1.44. The molecule has 1 aliphatic heterocycles. The first-order valence-corrected chi connectivity index (χ1v) is 8.36. The van der Waals surface area contributed by atoms with Gasteiger partial charge >= 0.3 is 0 Å². The zero-order valence-corrected chi connectivity index (χ0v) is 13.4. The van der Waals surface area contributed by atoms with Crippen molar-refractivity contribution in [3.05, 3.63) is 48.3 Å². The minimum absolute atomic E-state index is 0.114. The van der Waals surface area contributed by atoms with E-state index in [0.717, 1.165) is 31.7 Å². The van der Waals surface area contributed by atoms with Crippen molar-refractivity contribution in [2.75, 3.05) is 18.4 Å². The van der Waals surface area contributed by atoms with E-state index in [1.165, 1.54) is 18.4 Å². The molecule has 122 valence electrons. The molecule has 1 aromatic heterocycles. The summed E-state index contributed by atoms with van der Waals surface area (Å²) in [5.74, 6) is 0.807. The maximum Gasteiger partial charge on any atom is 0.224 e. The van der Waals surface area contributed by atoms with Crippen LogP contribution in [0.25, 0.3) is 0 Å². The number of hydrogen-bond donors (Lipinski definition) is 2. The Kier molecular flexibility index (Phi) is 5.42. The molecule has 1 aliphatic rings. The van der Waals surface area contributed by atoms with Gasteiger partial charge in [0.05, 0.1) is 6.54 Å². The highest BCUT2D eigenvalue weighted by molar-refractivity contribution is 5.90. The summed E-state index contributed by atoms with van der Waals surface area (Å²) in [5, 5.41) is 10.5. The van der Waals surface area contributed by atoms with Crippen LogP contribution in [0.5, 0.6) is 0 Å². The largest absolute Gasteiger partial charge is 0.326 e. The van der Waals surface area contributed by atoms with E-state index >= 15 is 0 Å². The molecule has 2 N–H and O–H groups in total. The first kappa shape index (κ1) is 15.7. The highest BCUT2D eigenvalue weighted by atomic mass is 16.1. The number of carbonyl (C=O) groups is 1. The van der Waals surface area contributed by atoms with Gasteiger partial charge in [0.15, 0.2) is 0 Å². The Labute approximate surface area is 137 Å². The Morgan fingerprint density at radius 3 is 2.74 bits per heavy atom. The van der Waals surface area contributed by atoms with Gasteiger partial charge in [0.25, 0.3) is 0 Å². The highest BCUT2D eigenvalue weighted by Gasteiger charge is 2.14. The summed E-state index contributed by atoms with van der Waals surface area (Å²) in [6.07, 6.45) is 7.70. The van der Waals surface area contributed by atoms with E-state index < -0.39 is 0 Å². The molecule has 5 nitrogen and oxygen atoms in total. The van der Waals surface area contributed by atoms with Gasteiger partial charge in [-0.15, -0.1) is 0 Å². The van der Waals surface area contributed by atoms with Gasteiger partial charge in [0.2, 0.25) is 5.91 Å². The molecule has 0 radical (unpaired) electrons. The predicted octanol–water partition coefficient (Wildman–Crippen LogP) is 2.65. The lowest BCUT2D eigenvalue weighted by atomic mass is 9.93. The summed E-state index contributed by atoms with van der Waals surface area (Å²) in [6, 6.07) is 9.90. The predicted molar refractivity (Wildman–Crippen MR) is 91.2 cm³/mol. The van der Waals surface area contributed by atoms with Gasteiger partial charge in [0, 0.05) is 24.5 Å². The Bertz CT molecular complexity index is 600. The fourth-order valence-corrected chi connectivity index (χ4v) is 3.00. The average Bonchev–Trinajstić information content (AvgIpc) is 3.09. The van der Waals surface area contributed by atoms with Crippen molar-refractivity contribution in [3.8, 4) is 0 Å². The van der Waals surface area contributed by atoms with Crippen LogP contribution >= 0.6 is 0 Å². The zero-order chi connectivity index (χ0) is 15.9. The lowest BCUT2D eigenvalue weighted by molar-refractivity contribution is -0.116. The second-order valence-electron chi connectivity index (χ2n) is 6.18. The fourth-order valence-electron chi connectivity index (χ4n) is 3.00. The minimum atomic E-state index is 0.114. The molecule has 1 fully saturated rings. The smallest absolute Gasteiger partial charge is 0.224 e. The molecule has 1 amide bonds. The molecule has 23 heavy (non-hydrogen) atoms. The molecule has 2 aromatic rings. The Hall–Kier alpha value is -2.14. The van der Waals surface area contributed by atoms with Crippen LogP contribution in [-0.2, 0) is 11.3 Å². The number of anilines is 1. The Morgan fingerprint density at radius 2 is 2.04 bits per heavy atom. The molecule has 0 saturated carbocycles. The van der Waals surface area contributed by atoms with E-state index in [1.807, 2.05) is 41.2 Å². The molecule has 1 saturated heterocycles. The number of nitrogens with zero attached hydrogens (tertiary/aromatic N) is 2. The summed E-state index contributed by atoms with van der Waals surface area (Å²) in [5.41, 5.74) is 2.03. The van der Waals surface area contributed by atoms with E-state index in [9.17, 15) is 4.79 Å². The number of piperidine rings is 1. The molecule has 5 heteroatoms. The molecule has 1 aromatic carbocycles. The van der Waals surface area contributed by atoms with Crippen molar-refractivity contribution in [1.29, 1.82) is 0 Å².